The number of nitrogens with zero attached hydrogens (tertiary/aromatic N) is 1. The van der Waals surface area contributed by atoms with Crippen molar-refractivity contribution in [3.05, 3.63) is 57.6 Å². The Balaban J connectivity index is 1.64. The van der Waals surface area contributed by atoms with Gasteiger partial charge in [0.05, 0.1) is 17.2 Å². The molecule has 4 nitrogen and oxygen atoms in total. The highest BCUT2D eigenvalue weighted by Gasteiger charge is 2.34. The Hall–Kier alpha value is -1.98. The zero-order chi connectivity index (χ0) is 16.3. The summed E-state index contributed by atoms with van der Waals surface area (Å²) in [5, 5.41) is 16.6. The minimum absolute atomic E-state index is 0.216. The lowest BCUT2D eigenvalue weighted by Gasteiger charge is -2.34. The average molecular weight is 328 g/mol. The normalized spacial score (nSPS) is 20.4. The number of rotatable bonds is 4. The van der Waals surface area contributed by atoms with Crippen molar-refractivity contribution in [2.75, 3.05) is 6.54 Å². The van der Waals surface area contributed by atoms with Crippen LogP contribution in [0.5, 0.6) is 0 Å². The van der Waals surface area contributed by atoms with E-state index in [1.807, 2.05) is 36.6 Å². The Morgan fingerprint density at radius 1 is 1.48 bits per heavy atom. The molecule has 1 aromatic heterocycles. The number of aliphatic hydroxyl groups is 1. The van der Waals surface area contributed by atoms with Gasteiger partial charge >= 0.3 is 0 Å². The van der Waals surface area contributed by atoms with Crippen molar-refractivity contribution in [1.29, 1.82) is 0 Å². The van der Waals surface area contributed by atoms with Crippen LogP contribution in [0.2, 0.25) is 0 Å². The minimum atomic E-state index is -0.977. The van der Waals surface area contributed by atoms with E-state index in [1.165, 1.54) is 11.6 Å². The minimum Gasteiger partial charge on any atom is -0.383 e. The maximum Gasteiger partial charge on any atom is 0.244 e. The van der Waals surface area contributed by atoms with Gasteiger partial charge in [-0.15, -0.1) is 11.3 Å². The molecule has 0 aliphatic heterocycles. The van der Waals surface area contributed by atoms with Crippen LogP contribution in [0.3, 0.4) is 0 Å². The lowest BCUT2D eigenvalue weighted by atomic mass is 9.79. The molecule has 1 aliphatic rings. The molecule has 0 unspecified atom stereocenters. The lowest BCUT2D eigenvalue weighted by Crippen LogP contribution is -2.42. The maximum atomic E-state index is 12.0. The number of hydrogen-bond donors (Lipinski definition) is 2. The fraction of sp³-hybridized carbons (Fsp3) is 0.333. The Morgan fingerprint density at radius 2 is 2.30 bits per heavy atom. The molecular weight excluding hydrogens is 308 g/mol. The van der Waals surface area contributed by atoms with Crippen molar-refractivity contribution >= 4 is 23.3 Å². The zero-order valence-corrected chi connectivity index (χ0v) is 13.9. The van der Waals surface area contributed by atoms with E-state index in [0.717, 1.165) is 29.1 Å². The summed E-state index contributed by atoms with van der Waals surface area (Å²) in [6.07, 6.45) is 5.73. The molecule has 2 aromatic rings. The van der Waals surface area contributed by atoms with Gasteiger partial charge in [0.15, 0.2) is 0 Å². The molecule has 1 aromatic carbocycles. The molecular formula is C18H20N2O2S. The van der Waals surface area contributed by atoms with Crippen molar-refractivity contribution in [3.63, 3.8) is 0 Å². The van der Waals surface area contributed by atoms with E-state index in [-0.39, 0.29) is 12.5 Å². The highest BCUT2D eigenvalue weighted by atomic mass is 32.1. The Kier molecular flexibility index (Phi) is 4.59. The van der Waals surface area contributed by atoms with Gasteiger partial charge in [0, 0.05) is 11.5 Å². The topological polar surface area (TPSA) is 62.2 Å². The van der Waals surface area contributed by atoms with E-state index in [1.54, 1.807) is 17.4 Å². The Labute approximate surface area is 139 Å². The van der Waals surface area contributed by atoms with Gasteiger partial charge < -0.3 is 10.4 Å². The van der Waals surface area contributed by atoms with Gasteiger partial charge in [-0.3, -0.25) is 4.79 Å². The number of aryl methyl sites for hydroxylation is 2. The van der Waals surface area contributed by atoms with Gasteiger partial charge in [-0.1, -0.05) is 24.3 Å². The first-order valence-corrected chi connectivity index (χ1v) is 8.64. The first kappa shape index (κ1) is 15.9. The molecule has 0 spiro atoms. The number of thiazole rings is 1. The second-order valence-electron chi connectivity index (χ2n) is 5.88. The van der Waals surface area contributed by atoms with Gasteiger partial charge in [0.2, 0.25) is 5.91 Å². The van der Waals surface area contributed by atoms with Gasteiger partial charge in [-0.05, 0) is 43.4 Å². The van der Waals surface area contributed by atoms with E-state index in [0.29, 0.717) is 6.42 Å². The molecule has 1 aliphatic carbocycles. The highest BCUT2D eigenvalue weighted by molar-refractivity contribution is 7.09. The van der Waals surface area contributed by atoms with E-state index >= 15 is 0 Å². The Bertz CT molecular complexity index is 738. The van der Waals surface area contributed by atoms with Crippen LogP contribution in [0.4, 0.5) is 0 Å². The summed E-state index contributed by atoms with van der Waals surface area (Å²) in [7, 11) is 0. The van der Waals surface area contributed by atoms with E-state index in [9.17, 15) is 9.90 Å². The number of nitrogens with one attached hydrogen (secondary N) is 1. The second kappa shape index (κ2) is 6.64. The molecule has 0 saturated heterocycles. The molecule has 1 heterocycles. The van der Waals surface area contributed by atoms with Crippen LogP contribution in [0.25, 0.3) is 6.08 Å². The van der Waals surface area contributed by atoms with Gasteiger partial charge in [-0.2, -0.15) is 0 Å². The second-order valence-corrected chi connectivity index (χ2v) is 6.95. The summed E-state index contributed by atoms with van der Waals surface area (Å²) in [5.74, 6) is -0.216. The summed E-state index contributed by atoms with van der Waals surface area (Å²) in [5.41, 5.74) is 1.91. The number of carbonyl (C=O) groups excluding carboxylic acids is 1. The quantitative estimate of drug-likeness (QED) is 0.849. The molecule has 2 N–H and O–H groups in total. The van der Waals surface area contributed by atoms with Crippen molar-refractivity contribution < 1.29 is 9.90 Å². The smallest absolute Gasteiger partial charge is 0.244 e. The van der Waals surface area contributed by atoms with Crippen molar-refractivity contribution in [2.24, 2.45) is 0 Å². The zero-order valence-electron chi connectivity index (χ0n) is 13.1. The average Bonchev–Trinajstić information content (AvgIpc) is 2.97. The van der Waals surface area contributed by atoms with E-state index < -0.39 is 5.60 Å². The fourth-order valence-electron chi connectivity index (χ4n) is 2.99. The number of benzene rings is 1. The Morgan fingerprint density at radius 3 is 3.09 bits per heavy atom. The fourth-order valence-corrected chi connectivity index (χ4v) is 3.57. The molecule has 5 heteroatoms. The summed E-state index contributed by atoms with van der Waals surface area (Å²) < 4.78 is 0. The maximum absolute atomic E-state index is 12.0. The number of amides is 1. The van der Waals surface area contributed by atoms with Crippen molar-refractivity contribution in [2.45, 2.75) is 31.8 Å². The molecule has 0 bridgehead atoms. The third kappa shape index (κ3) is 3.68. The van der Waals surface area contributed by atoms with Crippen LogP contribution in [0.15, 0.2) is 35.7 Å². The SMILES string of the molecule is Cc1nc(/C=C/C(=O)NC[C@@]2(O)CCCc3ccccc32)cs1. The molecule has 0 fully saturated rings. The standard InChI is InChI=1S/C18H20N2O2S/c1-13-20-15(11-23-13)8-9-17(21)19-12-18(22)10-4-6-14-5-2-3-7-16(14)18/h2-3,5,7-9,11,22H,4,6,10,12H2,1H3,(H,19,21)/b9-8+/t18-/m0/s1. The molecule has 23 heavy (non-hydrogen) atoms. The van der Waals surface area contributed by atoms with Crippen LogP contribution in [0, 0.1) is 6.92 Å². The third-order valence-corrected chi connectivity index (χ3v) is 4.94. The number of carbonyl (C=O) groups is 1. The molecule has 0 saturated carbocycles. The first-order chi connectivity index (χ1) is 11.1. The van der Waals surface area contributed by atoms with Gasteiger partial charge in [-0.25, -0.2) is 4.98 Å². The van der Waals surface area contributed by atoms with Crippen LogP contribution in [0.1, 0.15) is 34.7 Å². The molecule has 3 rings (SSSR count). The summed E-state index contributed by atoms with van der Waals surface area (Å²) in [6.45, 7) is 2.15. The summed E-state index contributed by atoms with van der Waals surface area (Å²) in [6, 6.07) is 7.92. The molecule has 1 atom stereocenters. The number of fused-ring (bicyclic) bond motifs is 1. The molecule has 0 radical (unpaired) electrons. The monoisotopic (exact) mass is 328 g/mol. The van der Waals surface area contributed by atoms with Crippen LogP contribution >= 0.6 is 11.3 Å². The van der Waals surface area contributed by atoms with Crippen molar-refractivity contribution in [3.8, 4) is 0 Å². The highest BCUT2D eigenvalue weighted by Crippen LogP contribution is 2.34. The molecule has 120 valence electrons. The van der Waals surface area contributed by atoms with Crippen LogP contribution < -0.4 is 5.32 Å². The summed E-state index contributed by atoms with van der Waals surface area (Å²) in [4.78, 5) is 16.3. The number of aromatic nitrogens is 1. The van der Waals surface area contributed by atoms with Crippen LogP contribution in [-0.4, -0.2) is 22.5 Å². The molecule has 1 amide bonds. The van der Waals surface area contributed by atoms with E-state index in [2.05, 4.69) is 10.3 Å². The van der Waals surface area contributed by atoms with Gasteiger partial charge in [0.1, 0.15) is 5.60 Å². The predicted molar refractivity (Wildman–Crippen MR) is 92.2 cm³/mol. The van der Waals surface area contributed by atoms with Crippen molar-refractivity contribution in [1.82, 2.24) is 10.3 Å². The van der Waals surface area contributed by atoms with Gasteiger partial charge in [0.25, 0.3) is 0 Å². The van der Waals surface area contributed by atoms with E-state index in [4.69, 9.17) is 0 Å². The van der Waals surface area contributed by atoms with Crippen LogP contribution in [-0.2, 0) is 16.8 Å². The summed E-state index contributed by atoms with van der Waals surface area (Å²) >= 11 is 1.55. The predicted octanol–water partition coefficient (Wildman–Crippen LogP) is 2.81. The third-order valence-electron chi connectivity index (χ3n) is 4.15. The first-order valence-electron chi connectivity index (χ1n) is 7.76. The largest absolute Gasteiger partial charge is 0.383 e. The number of hydrogen-bond acceptors (Lipinski definition) is 4. The lowest BCUT2D eigenvalue weighted by molar-refractivity contribution is -0.118.